The van der Waals surface area contributed by atoms with Gasteiger partial charge in [0.15, 0.2) is 5.65 Å². The third kappa shape index (κ3) is 2.16. The van der Waals surface area contributed by atoms with Gasteiger partial charge in [-0.25, -0.2) is 4.98 Å². The summed E-state index contributed by atoms with van der Waals surface area (Å²) in [5.74, 6) is 0. The fourth-order valence-electron chi connectivity index (χ4n) is 2.27. The largest absolute Gasteiger partial charge is 0.344 e. The van der Waals surface area contributed by atoms with Crippen LogP contribution in [0.3, 0.4) is 0 Å². The zero-order valence-corrected chi connectivity index (χ0v) is 10.1. The minimum absolute atomic E-state index is 0.886. The van der Waals surface area contributed by atoms with Crippen LogP contribution in [-0.4, -0.2) is 58.0 Å². The van der Waals surface area contributed by atoms with Crippen LogP contribution < -0.4 is 0 Å². The maximum atomic E-state index is 4.39. The van der Waals surface area contributed by atoms with Crippen LogP contribution in [-0.2, 0) is 6.54 Å². The second-order valence-electron chi connectivity index (χ2n) is 4.65. The number of rotatable bonds is 2. The van der Waals surface area contributed by atoms with Gasteiger partial charge >= 0.3 is 0 Å². The summed E-state index contributed by atoms with van der Waals surface area (Å²) in [6.07, 6.45) is 5.51. The Morgan fingerprint density at radius 2 is 1.94 bits per heavy atom. The van der Waals surface area contributed by atoms with Crippen LogP contribution in [0.25, 0.3) is 11.2 Å². The normalized spacial score (nSPS) is 18.9. The van der Waals surface area contributed by atoms with Gasteiger partial charge in [0.1, 0.15) is 5.52 Å². The first kappa shape index (κ1) is 10.7. The molecule has 3 heterocycles. The SMILES string of the molecule is CN1CCN(Cc2c[nH]c3nccnc23)CC1. The number of aromatic nitrogens is 3. The molecule has 0 spiro atoms. The number of H-pyrrole nitrogens is 1. The predicted molar refractivity (Wildman–Crippen MR) is 66.7 cm³/mol. The Balaban J connectivity index is 1.76. The molecule has 5 heteroatoms. The lowest BCUT2D eigenvalue weighted by Gasteiger charge is -2.32. The Hall–Kier alpha value is -1.46. The van der Waals surface area contributed by atoms with Crippen molar-refractivity contribution >= 4 is 11.2 Å². The van der Waals surface area contributed by atoms with Crippen LogP contribution in [0.1, 0.15) is 5.56 Å². The van der Waals surface area contributed by atoms with Crippen LogP contribution in [0.5, 0.6) is 0 Å². The van der Waals surface area contributed by atoms with E-state index in [1.54, 1.807) is 12.4 Å². The first-order valence-corrected chi connectivity index (χ1v) is 6.01. The van der Waals surface area contributed by atoms with Gasteiger partial charge in [-0.15, -0.1) is 0 Å². The fraction of sp³-hybridized carbons (Fsp3) is 0.500. The van der Waals surface area contributed by atoms with Crippen molar-refractivity contribution in [3.8, 4) is 0 Å². The van der Waals surface area contributed by atoms with E-state index in [0.717, 1.165) is 43.9 Å². The van der Waals surface area contributed by atoms with E-state index in [9.17, 15) is 0 Å². The summed E-state index contributed by atoms with van der Waals surface area (Å²) in [7, 11) is 2.18. The Morgan fingerprint density at radius 3 is 2.76 bits per heavy atom. The van der Waals surface area contributed by atoms with Gasteiger partial charge < -0.3 is 9.88 Å². The first-order valence-electron chi connectivity index (χ1n) is 6.01. The lowest BCUT2D eigenvalue weighted by atomic mass is 10.2. The lowest BCUT2D eigenvalue weighted by Crippen LogP contribution is -2.43. The molecule has 1 aliphatic heterocycles. The highest BCUT2D eigenvalue weighted by Gasteiger charge is 2.15. The number of piperazine rings is 1. The number of likely N-dealkylation sites (N-methyl/N-ethyl adjacent to an activating group) is 1. The summed E-state index contributed by atoms with van der Waals surface area (Å²) in [5, 5.41) is 0. The van der Waals surface area contributed by atoms with E-state index in [1.165, 1.54) is 5.56 Å². The van der Waals surface area contributed by atoms with Gasteiger partial charge in [0, 0.05) is 56.9 Å². The van der Waals surface area contributed by atoms with Crippen molar-refractivity contribution in [1.29, 1.82) is 0 Å². The number of nitrogens with zero attached hydrogens (tertiary/aromatic N) is 4. The predicted octanol–water partition coefficient (Wildman–Crippen LogP) is 0.705. The molecule has 1 N–H and O–H groups in total. The number of fused-ring (bicyclic) bond motifs is 1. The summed E-state index contributed by atoms with van der Waals surface area (Å²) in [6.45, 7) is 5.52. The van der Waals surface area contributed by atoms with Crippen LogP contribution in [0.4, 0.5) is 0 Å². The molecule has 0 aliphatic carbocycles. The van der Waals surface area contributed by atoms with Gasteiger partial charge in [0.2, 0.25) is 0 Å². The van der Waals surface area contributed by atoms with Gasteiger partial charge in [0.05, 0.1) is 0 Å². The summed E-state index contributed by atoms with van der Waals surface area (Å²) in [4.78, 5) is 16.7. The second kappa shape index (κ2) is 4.43. The minimum atomic E-state index is 0.886. The Bertz CT molecular complexity index is 498. The smallest absolute Gasteiger partial charge is 0.156 e. The highest BCUT2D eigenvalue weighted by atomic mass is 15.2. The zero-order valence-electron chi connectivity index (χ0n) is 10.1. The van der Waals surface area contributed by atoms with Crippen LogP contribution in [0, 0.1) is 0 Å². The summed E-state index contributed by atoms with van der Waals surface area (Å²) in [5.41, 5.74) is 3.14. The van der Waals surface area contributed by atoms with E-state index in [0.29, 0.717) is 0 Å². The molecule has 1 aliphatic rings. The van der Waals surface area contributed by atoms with Gasteiger partial charge in [-0.1, -0.05) is 0 Å². The van der Waals surface area contributed by atoms with E-state index < -0.39 is 0 Å². The van der Waals surface area contributed by atoms with Gasteiger partial charge in [-0.05, 0) is 7.05 Å². The van der Waals surface area contributed by atoms with Crippen molar-refractivity contribution in [3.05, 3.63) is 24.2 Å². The average molecular weight is 231 g/mol. The molecule has 0 unspecified atom stereocenters. The fourth-order valence-corrected chi connectivity index (χ4v) is 2.27. The van der Waals surface area contributed by atoms with E-state index in [-0.39, 0.29) is 0 Å². The van der Waals surface area contributed by atoms with E-state index in [2.05, 4.69) is 31.8 Å². The summed E-state index contributed by atoms with van der Waals surface area (Å²) < 4.78 is 0. The molecule has 0 radical (unpaired) electrons. The van der Waals surface area contributed by atoms with Crippen molar-refractivity contribution in [2.75, 3.05) is 33.2 Å². The molecule has 1 saturated heterocycles. The minimum Gasteiger partial charge on any atom is -0.344 e. The van der Waals surface area contributed by atoms with Crippen molar-refractivity contribution in [2.24, 2.45) is 0 Å². The van der Waals surface area contributed by atoms with Gasteiger partial charge in [-0.2, -0.15) is 0 Å². The van der Waals surface area contributed by atoms with Crippen molar-refractivity contribution < 1.29 is 0 Å². The number of aromatic amines is 1. The Labute approximate surface area is 100 Å². The molecule has 0 atom stereocenters. The molecular weight excluding hydrogens is 214 g/mol. The second-order valence-corrected chi connectivity index (χ2v) is 4.65. The summed E-state index contributed by atoms with van der Waals surface area (Å²) in [6, 6.07) is 0. The molecule has 2 aromatic rings. The van der Waals surface area contributed by atoms with Crippen molar-refractivity contribution in [3.63, 3.8) is 0 Å². The van der Waals surface area contributed by atoms with Crippen LogP contribution in [0.2, 0.25) is 0 Å². The van der Waals surface area contributed by atoms with E-state index in [4.69, 9.17) is 0 Å². The molecular formula is C12H17N5. The quantitative estimate of drug-likeness (QED) is 0.826. The maximum Gasteiger partial charge on any atom is 0.156 e. The molecule has 0 bridgehead atoms. The number of hydrogen-bond donors (Lipinski definition) is 1. The zero-order chi connectivity index (χ0) is 11.7. The number of hydrogen-bond acceptors (Lipinski definition) is 4. The third-order valence-corrected chi connectivity index (χ3v) is 3.38. The molecule has 2 aromatic heterocycles. The molecule has 0 aromatic carbocycles. The summed E-state index contributed by atoms with van der Waals surface area (Å²) >= 11 is 0. The van der Waals surface area contributed by atoms with Gasteiger partial charge in [0.25, 0.3) is 0 Å². The highest BCUT2D eigenvalue weighted by Crippen LogP contribution is 2.15. The Kier molecular flexibility index (Phi) is 2.78. The maximum absolute atomic E-state index is 4.39. The van der Waals surface area contributed by atoms with Crippen LogP contribution in [0.15, 0.2) is 18.6 Å². The Morgan fingerprint density at radius 1 is 1.18 bits per heavy atom. The number of nitrogens with one attached hydrogen (secondary N) is 1. The highest BCUT2D eigenvalue weighted by molar-refractivity contribution is 5.74. The molecule has 0 saturated carbocycles. The topological polar surface area (TPSA) is 48.0 Å². The monoisotopic (exact) mass is 231 g/mol. The molecule has 1 fully saturated rings. The van der Waals surface area contributed by atoms with Crippen molar-refractivity contribution in [1.82, 2.24) is 24.8 Å². The molecule has 90 valence electrons. The van der Waals surface area contributed by atoms with Gasteiger partial charge in [-0.3, -0.25) is 9.88 Å². The molecule has 17 heavy (non-hydrogen) atoms. The first-order chi connectivity index (χ1) is 8.33. The third-order valence-electron chi connectivity index (χ3n) is 3.38. The molecule has 3 rings (SSSR count). The molecule has 0 amide bonds. The van der Waals surface area contributed by atoms with E-state index in [1.807, 2.05) is 6.20 Å². The molecule has 5 nitrogen and oxygen atoms in total. The standard InChI is InChI=1S/C12H17N5/c1-16-4-6-17(7-5-16)9-10-8-15-12-11(10)13-2-3-14-12/h2-3,8H,4-7,9H2,1H3,(H,14,15). The van der Waals surface area contributed by atoms with E-state index >= 15 is 0 Å². The van der Waals surface area contributed by atoms with Crippen molar-refractivity contribution in [2.45, 2.75) is 6.54 Å². The average Bonchev–Trinajstić information content (AvgIpc) is 2.76. The lowest BCUT2D eigenvalue weighted by molar-refractivity contribution is 0.148. The van der Waals surface area contributed by atoms with Crippen LogP contribution >= 0.6 is 0 Å².